The molecule has 0 radical (unpaired) electrons. The molecule has 0 aliphatic heterocycles. The molecule has 704 valence electrons. The Hall–Kier alpha value is -19.6. The van der Waals surface area contributed by atoms with Gasteiger partial charge in [-0.15, -0.1) is 11.3 Å². The molecule has 7 aromatic heterocycles. The molecule has 0 saturated carbocycles. The molecule has 29 rings (SSSR count). The summed E-state index contributed by atoms with van der Waals surface area (Å²) in [5.41, 5.74) is 30.4. The molecule has 13 heteroatoms. The lowest BCUT2D eigenvalue weighted by atomic mass is 9.82. The summed E-state index contributed by atoms with van der Waals surface area (Å²) in [7, 11) is 0. The average Bonchev–Trinajstić information content (AvgIpc) is 1.57. The fourth-order valence-corrected chi connectivity index (χ4v) is 22.8. The van der Waals surface area contributed by atoms with Crippen LogP contribution in [-0.2, 0) is 5.41 Å². The number of fused-ring (bicyclic) bond motifs is 16. The third kappa shape index (κ3) is 16.5. The number of benzene rings is 21. The third-order valence-corrected chi connectivity index (χ3v) is 30.2. The van der Waals surface area contributed by atoms with Gasteiger partial charge in [-0.05, 0) is 167 Å². The van der Waals surface area contributed by atoms with Crippen LogP contribution >= 0.6 is 11.3 Å². The summed E-state index contributed by atoms with van der Waals surface area (Å²) in [4.78, 5) is 50.5. The van der Waals surface area contributed by atoms with Gasteiger partial charge >= 0.3 is 0 Å². The lowest BCUT2D eigenvalue weighted by Crippen LogP contribution is -2.14. The standard InChI is InChI=1S/C49H34N4.C45H28N4S.C43H28N4/c1-49(2)42-23-12-11-22-38(42)40-28-41-39(35-25-24-31-14-9-10-19-34(31)26-35)29-44(50-45(41)30-43(40)49)36-20-13-21-37(27-36)48-52-46(32-15-5-3-6-16-32)51-47(53-48)33-17-7-4-8-18-33;1-3-13-29(14-4-1)31-17-11-18-33(27-31)44-46-43(30-15-5-2-6-16-30)47-45(48-44)49-39-23-9-7-19-35(39)36-26-25-32(28-40(36)49)34-21-12-22-38-37-20-8-10-24-41(37)50-42(34)38;1-4-13-31(14-5-1)41-44-42(32-15-6-2-7-16-32)46-43(45-41)33-22-20-29(21-23-33)34-24-26-37-39(28-34)47(35-17-8-3-9-18-35)38-27-25-30-12-10-11-19-36(30)40(37)38/h3-30H,1-2H3;1-28H;1-28H. The van der Waals surface area contributed by atoms with Crippen LogP contribution in [0.3, 0.4) is 0 Å². The molecular weight excluding hydrogens is 1850 g/mol. The minimum absolute atomic E-state index is 0.133. The Balaban J connectivity index is 0.000000111. The monoisotopic (exact) mass is 1930 g/mol. The predicted molar refractivity (Wildman–Crippen MR) is 620 cm³/mol. The van der Waals surface area contributed by atoms with Crippen LogP contribution in [0.4, 0.5) is 0 Å². The summed E-state index contributed by atoms with van der Waals surface area (Å²) in [6.45, 7) is 4.65. The molecule has 0 saturated heterocycles. The normalized spacial score (nSPS) is 12.0. The highest BCUT2D eigenvalue weighted by Crippen LogP contribution is 2.52. The first-order valence-electron chi connectivity index (χ1n) is 50.5. The molecule has 0 N–H and O–H groups in total. The van der Waals surface area contributed by atoms with Gasteiger partial charge < -0.3 is 4.57 Å². The van der Waals surface area contributed by atoms with Crippen molar-refractivity contribution in [3.8, 4) is 170 Å². The topological polar surface area (TPSA) is 139 Å². The van der Waals surface area contributed by atoms with Crippen LogP contribution in [0.2, 0.25) is 0 Å². The molecule has 12 nitrogen and oxygen atoms in total. The summed E-state index contributed by atoms with van der Waals surface area (Å²) in [6, 6.07) is 179. The molecule has 0 amide bonds. The van der Waals surface area contributed by atoms with Gasteiger partial charge in [0.1, 0.15) is 0 Å². The minimum atomic E-state index is -0.133. The van der Waals surface area contributed by atoms with Crippen molar-refractivity contribution in [3.63, 3.8) is 0 Å². The number of pyridine rings is 1. The van der Waals surface area contributed by atoms with E-state index in [1.807, 2.05) is 157 Å². The van der Waals surface area contributed by atoms with Gasteiger partial charge in [-0.2, -0.15) is 9.97 Å². The molecule has 0 spiro atoms. The Morgan fingerprint density at radius 3 is 1.23 bits per heavy atom. The first-order valence-corrected chi connectivity index (χ1v) is 51.4. The Morgan fingerprint density at radius 1 is 0.193 bits per heavy atom. The summed E-state index contributed by atoms with van der Waals surface area (Å²) >= 11 is 1.85. The fraction of sp³-hybridized carbons (Fsp3) is 0.0219. The zero-order valence-electron chi connectivity index (χ0n) is 81.8. The van der Waals surface area contributed by atoms with Crippen molar-refractivity contribution < 1.29 is 0 Å². The van der Waals surface area contributed by atoms with Crippen molar-refractivity contribution in [1.82, 2.24) is 59.0 Å². The van der Waals surface area contributed by atoms with Gasteiger partial charge in [-0.25, -0.2) is 39.9 Å². The van der Waals surface area contributed by atoms with Crippen LogP contribution in [0.15, 0.2) is 510 Å². The first-order chi connectivity index (χ1) is 74.1. The third-order valence-electron chi connectivity index (χ3n) is 29.0. The van der Waals surface area contributed by atoms with E-state index >= 15 is 0 Å². The lowest BCUT2D eigenvalue weighted by molar-refractivity contribution is 0.661. The Labute approximate surface area is 869 Å². The van der Waals surface area contributed by atoms with E-state index in [4.69, 9.17) is 49.8 Å². The van der Waals surface area contributed by atoms with Gasteiger partial charge in [-0.1, -0.05) is 445 Å². The SMILES string of the molecule is CC1(C)c2ccccc2-c2cc3c(-c4ccc5ccccc5c4)cc(-c4cccc(-c5nc(-c6ccccc6)nc(-c6ccccc6)n5)c4)nc3cc21.c1ccc(-c2cccc(-c3nc(-c4ccccc4)nc(-n4c5ccccc5c5ccc(-c6cccc7c6sc6ccccc67)cc54)n3)c2)cc1.c1ccc(-c2nc(-c3ccccc3)nc(-c3ccc(-c4ccc5c6c7ccccc7ccc6n(-c6ccccc6)c5c4)cc3)n2)cc1. The number of hydrogen-bond donors (Lipinski definition) is 0. The van der Waals surface area contributed by atoms with Crippen molar-refractivity contribution in [1.29, 1.82) is 0 Å². The second-order valence-electron chi connectivity index (χ2n) is 38.5. The van der Waals surface area contributed by atoms with E-state index < -0.39 is 0 Å². The number of hydrogen-bond acceptors (Lipinski definition) is 11. The van der Waals surface area contributed by atoms with Gasteiger partial charge in [0.2, 0.25) is 5.95 Å². The van der Waals surface area contributed by atoms with E-state index in [-0.39, 0.29) is 5.41 Å². The first kappa shape index (κ1) is 89.3. The number of para-hydroxylation sites is 2. The molecule has 0 fully saturated rings. The quantitative estimate of drug-likeness (QED) is 0.0975. The molecule has 21 aromatic carbocycles. The molecule has 0 atom stereocenters. The molecule has 150 heavy (non-hydrogen) atoms. The van der Waals surface area contributed by atoms with Gasteiger partial charge in [0.15, 0.2) is 46.6 Å². The van der Waals surface area contributed by atoms with Crippen LogP contribution in [0.5, 0.6) is 0 Å². The minimum Gasteiger partial charge on any atom is -0.309 e. The number of nitrogens with zero attached hydrogens (tertiary/aromatic N) is 12. The second kappa shape index (κ2) is 37.9. The zero-order valence-corrected chi connectivity index (χ0v) is 82.6. The summed E-state index contributed by atoms with van der Waals surface area (Å²) < 4.78 is 7.18. The predicted octanol–water partition coefficient (Wildman–Crippen LogP) is 35.0. The smallest absolute Gasteiger partial charge is 0.238 e. The molecule has 28 aromatic rings. The molecule has 0 bridgehead atoms. The maximum absolute atomic E-state index is 5.41. The highest BCUT2D eigenvalue weighted by Gasteiger charge is 2.36. The zero-order chi connectivity index (χ0) is 99.7. The Morgan fingerprint density at radius 2 is 0.593 bits per heavy atom. The average molecular weight is 1940 g/mol. The molecule has 0 unspecified atom stereocenters. The molecule has 1 aliphatic rings. The van der Waals surface area contributed by atoms with Crippen LogP contribution < -0.4 is 0 Å². The van der Waals surface area contributed by atoms with E-state index in [0.29, 0.717) is 52.5 Å². The van der Waals surface area contributed by atoms with E-state index in [2.05, 4.69) is 387 Å². The summed E-state index contributed by atoms with van der Waals surface area (Å²) in [5.74, 6) is 5.71. The van der Waals surface area contributed by atoms with E-state index in [1.165, 1.54) is 91.3 Å². The Kier molecular flexibility index (Phi) is 22.5. The number of rotatable bonds is 15. The highest BCUT2D eigenvalue weighted by molar-refractivity contribution is 7.26. The number of aromatic nitrogens is 12. The van der Waals surface area contributed by atoms with Gasteiger partial charge in [0.05, 0.1) is 33.3 Å². The maximum atomic E-state index is 5.41. The molecule has 7 heterocycles. The van der Waals surface area contributed by atoms with Crippen molar-refractivity contribution >= 4 is 108 Å². The fourth-order valence-electron chi connectivity index (χ4n) is 21.6. The lowest BCUT2D eigenvalue weighted by Gasteiger charge is -2.22. The largest absolute Gasteiger partial charge is 0.309 e. The summed E-state index contributed by atoms with van der Waals surface area (Å²) in [6.07, 6.45) is 0. The highest BCUT2D eigenvalue weighted by atomic mass is 32.1. The van der Waals surface area contributed by atoms with Gasteiger partial charge in [-0.3, -0.25) is 4.57 Å². The van der Waals surface area contributed by atoms with Gasteiger partial charge in [0.25, 0.3) is 0 Å². The van der Waals surface area contributed by atoms with Crippen molar-refractivity contribution in [2.45, 2.75) is 19.3 Å². The van der Waals surface area contributed by atoms with Crippen LogP contribution in [0.25, 0.3) is 266 Å². The second-order valence-corrected chi connectivity index (χ2v) is 39.5. The Bertz CT molecular complexity index is 9990. The van der Waals surface area contributed by atoms with Crippen molar-refractivity contribution in [3.05, 3.63) is 521 Å². The van der Waals surface area contributed by atoms with E-state index in [1.54, 1.807) is 0 Å². The van der Waals surface area contributed by atoms with Gasteiger partial charge in [0, 0.05) is 108 Å². The van der Waals surface area contributed by atoms with Crippen LogP contribution in [-0.4, -0.2) is 59.0 Å². The molecule has 1 aliphatic carbocycles. The van der Waals surface area contributed by atoms with Crippen LogP contribution in [0, 0.1) is 0 Å². The van der Waals surface area contributed by atoms with E-state index in [9.17, 15) is 0 Å². The van der Waals surface area contributed by atoms with Crippen LogP contribution in [0.1, 0.15) is 25.0 Å². The maximum Gasteiger partial charge on any atom is 0.238 e. The number of thiophene rings is 1. The molecular formula is C137H90N12S. The van der Waals surface area contributed by atoms with Crippen molar-refractivity contribution in [2.75, 3.05) is 0 Å². The summed E-state index contributed by atoms with van der Waals surface area (Å²) in [5, 5.41) is 13.5. The van der Waals surface area contributed by atoms with Crippen molar-refractivity contribution in [2.24, 2.45) is 0 Å². The van der Waals surface area contributed by atoms with E-state index in [0.717, 1.165) is 133 Å².